The van der Waals surface area contributed by atoms with E-state index in [1.807, 2.05) is 0 Å². The van der Waals surface area contributed by atoms with Gasteiger partial charge in [-0.15, -0.1) is 23.1 Å². The van der Waals surface area contributed by atoms with E-state index in [9.17, 15) is 29.1 Å². The zero-order valence-electron chi connectivity index (χ0n) is 18.5. The van der Waals surface area contributed by atoms with Crippen molar-refractivity contribution in [2.24, 2.45) is 12.2 Å². The summed E-state index contributed by atoms with van der Waals surface area (Å²) in [5, 5.41) is 21.6. The van der Waals surface area contributed by atoms with E-state index in [0.717, 1.165) is 28.0 Å². The number of aryl methyl sites for hydroxylation is 1. The Kier molecular flexibility index (Phi) is 7.18. The fourth-order valence-corrected chi connectivity index (χ4v) is 6.38. The summed E-state index contributed by atoms with van der Waals surface area (Å²) in [7, 11) is 2.72. The maximum atomic E-state index is 12.9. The Morgan fingerprint density at radius 2 is 2.14 bits per heavy atom. The molecule has 0 spiro atoms. The van der Waals surface area contributed by atoms with Gasteiger partial charge in [-0.05, 0) is 5.57 Å². The van der Waals surface area contributed by atoms with E-state index in [1.165, 1.54) is 36.0 Å². The van der Waals surface area contributed by atoms with Gasteiger partial charge in [-0.1, -0.05) is 16.9 Å². The molecule has 0 aliphatic carbocycles. The number of oxime groups is 1. The number of anilines is 1. The molecule has 2 aliphatic rings. The highest BCUT2D eigenvalue weighted by molar-refractivity contribution is 8.01. The van der Waals surface area contributed by atoms with Gasteiger partial charge in [0.25, 0.3) is 11.8 Å². The van der Waals surface area contributed by atoms with Crippen LogP contribution in [-0.4, -0.2) is 78.2 Å². The largest absolute Gasteiger partial charge is 0.543 e. The Hall–Kier alpha value is -3.64. The number of carbonyl (C=O) groups excluding carboxylic acids is 3. The van der Waals surface area contributed by atoms with Crippen LogP contribution in [0.1, 0.15) is 5.69 Å². The summed E-state index contributed by atoms with van der Waals surface area (Å²) in [5.41, 5.74) is 3.77. The number of rotatable bonds is 8. The average Bonchev–Trinajstić information content (AvgIpc) is 3.27. The van der Waals surface area contributed by atoms with Crippen LogP contribution in [0, 0.1) is 0 Å². The molecule has 15 nitrogen and oxygen atoms in total. The molecule has 2 aromatic rings. The Labute approximate surface area is 213 Å². The quantitative estimate of drug-likeness (QED) is 0.0983. The van der Waals surface area contributed by atoms with Gasteiger partial charge in [0.2, 0.25) is 0 Å². The predicted molar refractivity (Wildman–Crippen MR) is 128 cm³/mol. The van der Waals surface area contributed by atoms with Crippen LogP contribution in [0.2, 0.25) is 0 Å². The number of carboxylic acid groups (broad SMARTS) is 1. The van der Waals surface area contributed by atoms with Crippen LogP contribution < -0.4 is 27.3 Å². The molecule has 36 heavy (non-hydrogen) atoms. The Morgan fingerprint density at radius 1 is 1.39 bits per heavy atom. The maximum absolute atomic E-state index is 12.9. The summed E-state index contributed by atoms with van der Waals surface area (Å²) in [6.45, 7) is 0. The normalized spacial score (nSPS) is 19.6. The molecule has 0 bridgehead atoms. The number of nitrogen functional groups attached to an aromatic ring is 1. The second-order valence-corrected chi connectivity index (χ2v) is 10.2. The summed E-state index contributed by atoms with van der Waals surface area (Å²) < 4.78 is 1.24. The van der Waals surface area contributed by atoms with Crippen LogP contribution in [0.5, 0.6) is 0 Å². The number of carboxylic acids is 1. The number of aliphatic carboxylic acids is 1. The molecule has 0 saturated carbocycles. The Balaban J connectivity index is 1.51. The van der Waals surface area contributed by atoms with E-state index in [2.05, 4.69) is 25.5 Å². The highest BCUT2D eigenvalue weighted by Crippen LogP contribution is 2.41. The van der Waals surface area contributed by atoms with Gasteiger partial charge in [0.05, 0.1) is 11.7 Å². The molecule has 0 radical (unpaired) electrons. The number of thiazole rings is 1. The number of β-lactam (4-membered cyclic amide) rings is 1. The van der Waals surface area contributed by atoms with Crippen molar-refractivity contribution in [2.75, 3.05) is 24.3 Å². The third-order valence-electron chi connectivity index (χ3n) is 5.01. The summed E-state index contributed by atoms with van der Waals surface area (Å²) in [6, 6.07) is -1.02. The molecule has 2 aliphatic heterocycles. The lowest BCUT2D eigenvalue weighted by atomic mass is 10.0. The van der Waals surface area contributed by atoms with Crippen molar-refractivity contribution in [1.82, 2.24) is 30.0 Å². The fourth-order valence-electron chi connectivity index (χ4n) is 3.43. The van der Waals surface area contributed by atoms with E-state index < -0.39 is 40.3 Å². The van der Waals surface area contributed by atoms with E-state index in [1.54, 1.807) is 0 Å². The molecule has 1 fully saturated rings. The van der Waals surface area contributed by atoms with Crippen molar-refractivity contribution >= 4 is 63.5 Å². The number of fused-ring (bicyclic) bond motifs is 1. The predicted octanol–water partition coefficient (Wildman–Crippen LogP) is -2.95. The Bertz CT molecular complexity index is 1430. The molecule has 1 saturated heterocycles. The zero-order chi connectivity index (χ0) is 26.1. The highest BCUT2D eigenvalue weighted by Gasteiger charge is 2.53. The molecule has 4 heterocycles. The number of nitrogens with two attached hydrogens (primary N) is 1. The maximum Gasteiger partial charge on any atom is 0.339 e. The Morgan fingerprint density at radius 3 is 2.78 bits per heavy atom. The van der Waals surface area contributed by atoms with Gasteiger partial charge < -0.3 is 25.8 Å². The van der Waals surface area contributed by atoms with Crippen LogP contribution >= 0.6 is 34.9 Å². The number of carbonyl (C=O) groups is 3. The second-order valence-electron chi connectivity index (χ2n) is 7.28. The summed E-state index contributed by atoms with van der Waals surface area (Å²) in [6.07, 6.45) is 0. The first-order valence-corrected chi connectivity index (χ1v) is 12.8. The van der Waals surface area contributed by atoms with Gasteiger partial charge in [0.15, 0.2) is 16.0 Å². The standard InChI is InChI=1S/C18H18N8O7S3/c1-25-18(22-12(28)13(29)23-25)36-4-6-3-34-15-9(14(30)26(15)10(6)16(31)32)21-11(27)8(24-33-2)7-5-35-17(19)20-7/h5,9,15H,3-4H2,1-2H3,(H2,19,20)(H,21,27)(H,23,29)(H,31,32)/p-1. The first kappa shape index (κ1) is 25.5. The third kappa shape index (κ3) is 4.73. The lowest BCUT2D eigenvalue weighted by Crippen LogP contribution is -2.71. The minimum atomic E-state index is -1.56. The average molecular weight is 554 g/mol. The number of nitrogens with one attached hydrogen (secondary N) is 2. The molecule has 0 aromatic carbocycles. The smallest absolute Gasteiger partial charge is 0.339 e. The minimum absolute atomic E-state index is 0.0616. The number of thioether (sulfide) groups is 2. The van der Waals surface area contributed by atoms with Crippen molar-refractivity contribution in [2.45, 2.75) is 16.6 Å². The highest BCUT2D eigenvalue weighted by atomic mass is 32.2. The molecule has 18 heteroatoms. The van der Waals surface area contributed by atoms with Gasteiger partial charge in [0, 0.05) is 23.9 Å². The molecular formula is C18H17N8O7S3-. The van der Waals surface area contributed by atoms with E-state index in [0.29, 0.717) is 5.57 Å². The van der Waals surface area contributed by atoms with Crippen LogP contribution in [-0.2, 0) is 26.3 Å². The lowest BCUT2D eigenvalue weighted by molar-refractivity contribution is -0.301. The molecule has 190 valence electrons. The molecule has 2 amide bonds. The van der Waals surface area contributed by atoms with Crippen LogP contribution in [0.25, 0.3) is 0 Å². The first-order valence-electron chi connectivity index (χ1n) is 9.94. The number of aromatic nitrogens is 4. The number of aromatic amines is 1. The SMILES string of the molecule is CON=C(C(=O)NC1C(=O)N2C(C(=O)[O-])=C(CSc3nc(=O)c(=O)[nH]n3C)CSC12)c1csc(N)n1. The zero-order valence-corrected chi connectivity index (χ0v) is 21.0. The van der Waals surface area contributed by atoms with Crippen molar-refractivity contribution < 1.29 is 24.3 Å². The van der Waals surface area contributed by atoms with E-state index >= 15 is 0 Å². The number of hydrogen-bond donors (Lipinski definition) is 3. The molecular weight excluding hydrogens is 536 g/mol. The van der Waals surface area contributed by atoms with E-state index in [-0.39, 0.29) is 38.9 Å². The summed E-state index contributed by atoms with van der Waals surface area (Å²) in [4.78, 5) is 74.0. The number of H-pyrrole nitrogens is 1. The van der Waals surface area contributed by atoms with Crippen molar-refractivity contribution in [3.63, 3.8) is 0 Å². The van der Waals surface area contributed by atoms with E-state index in [4.69, 9.17) is 10.6 Å². The lowest BCUT2D eigenvalue weighted by Gasteiger charge is -2.50. The molecule has 2 aromatic heterocycles. The monoisotopic (exact) mass is 553 g/mol. The van der Waals surface area contributed by atoms with Gasteiger partial charge in [-0.3, -0.25) is 33.9 Å². The molecule has 4 rings (SSSR count). The van der Waals surface area contributed by atoms with Crippen molar-refractivity contribution in [3.8, 4) is 0 Å². The van der Waals surface area contributed by atoms with Gasteiger partial charge in [0.1, 0.15) is 24.2 Å². The first-order chi connectivity index (χ1) is 17.1. The summed E-state index contributed by atoms with van der Waals surface area (Å²) in [5.74, 6) is -2.68. The van der Waals surface area contributed by atoms with Crippen LogP contribution in [0.3, 0.4) is 0 Å². The molecule has 2 unspecified atom stereocenters. The van der Waals surface area contributed by atoms with Crippen molar-refractivity contribution in [1.29, 1.82) is 0 Å². The third-order valence-corrected chi connectivity index (χ3v) is 8.14. The van der Waals surface area contributed by atoms with Gasteiger partial charge in [-0.25, -0.2) is 4.98 Å². The number of hydrogen-bond acceptors (Lipinski definition) is 14. The van der Waals surface area contributed by atoms with Gasteiger partial charge in [-0.2, -0.15) is 4.98 Å². The topological polar surface area (TPSA) is 218 Å². The number of nitrogens with zero attached hydrogens (tertiary/aromatic N) is 5. The second kappa shape index (κ2) is 10.2. The van der Waals surface area contributed by atoms with Gasteiger partial charge >= 0.3 is 11.1 Å². The van der Waals surface area contributed by atoms with Crippen LogP contribution in [0.15, 0.2) is 36.6 Å². The molecule has 4 N–H and O–H groups in total. The number of amides is 2. The van der Waals surface area contributed by atoms with Crippen LogP contribution in [0.4, 0.5) is 5.13 Å². The minimum Gasteiger partial charge on any atom is -0.543 e. The van der Waals surface area contributed by atoms with Crippen molar-refractivity contribution in [3.05, 3.63) is 43.1 Å². The summed E-state index contributed by atoms with van der Waals surface area (Å²) >= 11 is 3.35. The fraction of sp³-hybridized carbons (Fsp3) is 0.333. The molecule has 2 atom stereocenters.